The first-order valence-corrected chi connectivity index (χ1v) is 8.68. The van der Waals surface area contributed by atoms with Crippen LogP contribution in [0.5, 0.6) is 0 Å². The Hall–Kier alpha value is -0.450. The highest BCUT2D eigenvalue weighted by Gasteiger charge is 2.34. The van der Waals surface area contributed by atoms with Crippen LogP contribution in [0, 0.1) is 5.92 Å². The molecule has 2 saturated heterocycles. The molecule has 0 aromatic rings. The number of hydrogen-bond donors (Lipinski definition) is 1. The number of morpholine rings is 1. The van der Waals surface area contributed by atoms with Crippen LogP contribution in [-0.4, -0.2) is 86.9 Å². The van der Waals surface area contributed by atoms with Crippen molar-refractivity contribution in [2.75, 3.05) is 59.0 Å². The summed E-state index contributed by atoms with van der Waals surface area (Å²) in [4.78, 5) is 13.7. The Balaban J connectivity index is 0.00000242. The molecule has 1 atom stereocenters. The second-order valence-electron chi connectivity index (χ2n) is 5.38. The van der Waals surface area contributed by atoms with Crippen LogP contribution in [0.2, 0.25) is 0 Å². The molecule has 0 radical (unpaired) electrons. The van der Waals surface area contributed by atoms with Crippen LogP contribution in [0.15, 0.2) is 0 Å². The third-order valence-electron chi connectivity index (χ3n) is 3.95. The predicted molar refractivity (Wildman–Crippen MR) is 84.9 cm³/mol. The van der Waals surface area contributed by atoms with E-state index in [0.717, 1.165) is 0 Å². The number of amides is 1. The van der Waals surface area contributed by atoms with Gasteiger partial charge >= 0.3 is 0 Å². The summed E-state index contributed by atoms with van der Waals surface area (Å²) in [5.74, 6) is -0.215. The van der Waals surface area contributed by atoms with E-state index < -0.39 is 10.2 Å². The summed E-state index contributed by atoms with van der Waals surface area (Å²) in [6.45, 7) is 5.28. The number of carbonyl (C=O) groups excluding carboxylic acids is 1. The standard InChI is InChI=1S/C12H24N4O4S.ClH/c1-11(10-13)12(17)14-2-4-15(5-3-14)21(18,19)16-6-8-20-9-7-16;/h11H,2-10,13H2,1H3;1H. The molecule has 0 aliphatic carbocycles. The zero-order valence-electron chi connectivity index (χ0n) is 12.8. The minimum atomic E-state index is -3.44. The Bertz CT molecular complexity index is 462. The Kier molecular flexibility index (Phi) is 7.50. The van der Waals surface area contributed by atoms with Crippen LogP contribution in [0.3, 0.4) is 0 Å². The summed E-state index contributed by atoms with van der Waals surface area (Å²) in [5, 5.41) is 0. The van der Waals surface area contributed by atoms with Crippen LogP contribution in [0.1, 0.15) is 6.92 Å². The predicted octanol–water partition coefficient (Wildman–Crippen LogP) is -1.28. The lowest BCUT2D eigenvalue weighted by molar-refractivity contribution is -0.135. The third kappa shape index (κ3) is 4.30. The maximum atomic E-state index is 12.5. The molecule has 2 rings (SSSR count). The number of nitrogens with zero attached hydrogens (tertiary/aromatic N) is 3. The topological polar surface area (TPSA) is 96.2 Å². The Morgan fingerprint density at radius 3 is 2.09 bits per heavy atom. The lowest BCUT2D eigenvalue weighted by atomic mass is 10.1. The third-order valence-corrected chi connectivity index (χ3v) is 5.98. The number of hydrogen-bond acceptors (Lipinski definition) is 5. The monoisotopic (exact) mass is 356 g/mol. The highest BCUT2D eigenvalue weighted by atomic mass is 35.5. The Morgan fingerprint density at radius 2 is 1.59 bits per heavy atom. The van der Waals surface area contributed by atoms with Gasteiger partial charge in [-0.15, -0.1) is 12.4 Å². The van der Waals surface area contributed by atoms with E-state index in [9.17, 15) is 13.2 Å². The molecule has 1 unspecified atom stereocenters. The first kappa shape index (κ1) is 19.6. The smallest absolute Gasteiger partial charge is 0.282 e. The summed E-state index contributed by atoms with van der Waals surface area (Å²) in [7, 11) is -3.44. The highest BCUT2D eigenvalue weighted by molar-refractivity contribution is 7.86. The molecule has 2 N–H and O–H groups in total. The van der Waals surface area contributed by atoms with E-state index in [1.807, 2.05) is 0 Å². The van der Waals surface area contributed by atoms with Gasteiger partial charge in [-0.25, -0.2) is 0 Å². The second-order valence-corrected chi connectivity index (χ2v) is 7.31. The van der Waals surface area contributed by atoms with Crippen molar-refractivity contribution in [1.82, 2.24) is 13.5 Å². The molecule has 0 aromatic heterocycles. The van der Waals surface area contributed by atoms with Gasteiger partial charge in [-0.1, -0.05) is 6.92 Å². The molecule has 22 heavy (non-hydrogen) atoms. The van der Waals surface area contributed by atoms with E-state index in [4.69, 9.17) is 10.5 Å². The molecule has 2 aliphatic rings. The number of halogens is 1. The van der Waals surface area contributed by atoms with Crippen LogP contribution in [0.25, 0.3) is 0 Å². The van der Waals surface area contributed by atoms with E-state index in [2.05, 4.69) is 0 Å². The van der Waals surface area contributed by atoms with E-state index >= 15 is 0 Å². The van der Waals surface area contributed by atoms with Crippen molar-refractivity contribution >= 4 is 28.5 Å². The number of carbonyl (C=O) groups is 1. The van der Waals surface area contributed by atoms with Crippen molar-refractivity contribution in [3.05, 3.63) is 0 Å². The van der Waals surface area contributed by atoms with Gasteiger partial charge in [-0.2, -0.15) is 17.0 Å². The molecule has 0 saturated carbocycles. The average Bonchev–Trinajstić information content (AvgIpc) is 2.54. The number of nitrogens with two attached hydrogens (primary N) is 1. The molecule has 10 heteroatoms. The maximum absolute atomic E-state index is 12.5. The fraction of sp³-hybridized carbons (Fsp3) is 0.917. The van der Waals surface area contributed by atoms with Crippen LogP contribution in [0.4, 0.5) is 0 Å². The fourth-order valence-electron chi connectivity index (χ4n) is 2.49. The van der Waals surface area contributed by atoms with Crippen molar-refractivity contribution < 1.29 is 17.9 Å². The van der Waals surface area contributed by atoms with Crippen LogP contribution in [-0.2, 0) is 19.7 Å². The molecule has 0 bridgehead atoms. The van der Waals surface area contributed by atoms with E-state index in [0.29, 0.717) is 59.0 Å². The molecule has 2 aliphatic heterocycles. The first-order chi connectivity index (χ1) is 9.96. The van der Waals surface area contributed by atoms with Gasteiger partial charge in [0.15, 0.2) is 0 Å². The first-order valence-electron chi connectivity index (χ1n) is 7.28. The van der Waals surface area contributed by atoms with E-state index in [-0.39, 0.29) is 24.2 Å². The average molecular weight is 357 g/mol. The molecular weight excluding hydrogens is 332 g/mol. The van der Waals surface area contributed by atoms with Gasteiger partial charge in [0.1, 0.15) is 0 Å². The summed E-state index contributed by atoms with van der Waals surface area (Å²) < 4.78 is 33.0. The van der Waals surface area contributed by atoms with Crippen molar-refractivity contribution in [3.8, 4) is 0 Å². The molecule has 2 fully saturated rings. The molecular formula is C12H25ClN4O4S. The van der Waals surface area contributed by atoms with Crippen LogP contribution < -0.4 is 5.73 Å². The zero-order chi connectivity index (χ0) is 15.5. The molecule has 0 aromatic carbocycles. The number of rotatable bonds is 4. The maximum Gasteiger partial charge on any atom is 0.282 e. The quantitative estimate of drug-likeness (QED) is 0.677. The van der Waals surface area contributed by atoms with Gasteiger partial charge in [0.2, 0.25) is 5.91 Å². The van der Waals surface area contributed by atoms with Gasteiger partial charge in [0, 0.05) is 51.7 Å². The zero-order valence-corrected chi connectivity index (χ0v) is 14.4. The van der Waals surface area contributed by atoms with Gasteiger partial charge < -0.3 is 15.4 Å². The summed E-state index contributed by atoms with van der Waals surface area (Å²) in [6, 6.07) is 0. The van der Waals surface area contributed by atoms with Crippen molar-refractivity contribution in [3.63, 3.8) is 0 Å². The second kappa shape index (κ2) is 8.42. The largest absolute Gasteiger partial charge is 0.379 e. The molecule has 0 spiro atoms. The number of piperazine rings is 1. The van der Waals surface area contributed by atoms with Gasteiger partial charge in [0.25, 0.3) is 10.2 Å². The lowest BCUT2D eigenvalue weighted by Crippen LogP contribution is -2.56. The summed E-state index contributed by atoms with van der Waals surface area (Å²) >= 11 is 0. The van der Waals surface area contributed by atoms with Crippen molar-refractivity contribution in [2.24, 2.45) is 11.7 Å². The normalized spacial score (nSPS) is 22.9. The molecule has 1 amide bonds. The lowest BCUT2D eigenvalue weighted by Gasteiger charge is -2.38. The summed E-state index contributed by atoms with van der Waals surface area (Å²) in [5.41, 5.74) is 5.50. The molecule has 2 heterocycles. The number of ether oxygens (including phenoxy) is 1. The van der Waals surface area contributed by atoms with Crippen molar-refractivity contribution in [2.45, 2.75) is 6.92 Å². The Morgan fingerprint density at radius 1 is 1.09 bits per heavy atom. The SMILES string of the molecule is CC(CN)C(=O)N1CCN(S(=O)(=O)N2CCOCC2)CC1.Cl. The highest BCUT2D eigenvalue weighted by Crippen LogP contribution is 2.15. The Labute approximate surface area is 138 Å². The minimum Gasteiger partial charge on any atom is -0.379 e. The minimum absolute atomic E-state index is 0. The molecule has 130 valence electrons. The van der Waals surface area contributed by atoms with Gasteiger partial charge in [0.05, 0.1) is 13.2 Å². The van der Waals surface area contributed by atoms with Gasteiger partial charge in [-0.3, -0.25) is 4.79 Å². The summed E-state index contributed by atoms with van der Waals surface area (Å²) in [6.07, 6.45) is 0. The molecule has 8 nitrogen and oxygen atoms in total. The van der Waals surface area contributed by atoms with Crippen LogP contribution >= 0.6 is 12.4 Å². The van der Waals surface area contributed by atoms with E-state index in [1.165, 1.54) is 8.61 Å². The van der Waals surface area contributed by atoms with E-state index in [1.54, 1.807) is 11.8 Å². The van der Waals surface area contributed by atoms with Crippen molar-refractivity contribution in [1.29, 1.82) is 0 Å². The van der Waals surface area contributed by atoms with Gasteiger partial charge in [-0.05, 0) is 0 Å². The fourth-order valence-corrected chi connectivity index (χ4v) is 4.05.